The van der Waals surface area contributed by atoms with Crippen LogP contribution in [0.1, 0.15) is 49.2 Å². The van der Waals surface area contributed by atoms with Crippen LogP contribution >= 0.6 is 15.9 Å². The van der Waals surface area contributed by atoms with Gasteiger partial charge in [-0.15, -0.1) is 0 Å². The lowest BCUT2D eigenvalue weighted by molar-refractivity contribution is 0.0465. The van der Waals surface area contributed by atoms with Gasteiger partial charge in [-0.1, -0.05) is 20.3 Å². The minimum atomic E-state index is -0.246. The van der Waals surface area contributed by atoms with Gasteiger partial charge in [0, 0.05) is 31.2 Å². The van der Waals surface area contributed by atoms with E-state index in [1.165, 1.54) is 19.3 Å². The minimum Gasteiger partial charge on any atom is -0.496 e. The van der Waals surface area contributed by atoms with E-state index in [4.69, 9.17) is 9.47 Å². The fourth-order valence-corrected chi connectivity index (χ4v) is 4.76. The zero-order valence-corrected chi connectivity index (χ0v) is 20.3. The van der Waals surface area contributed by atoms with Crippen LogP contribution in [0.2, 0.25) is 0 Å². The molecule has 3 rings (SSSR count). The fourth-order valence-electron chi connectivity index (χ4n) is 4.27. The van der Waals surface area contributed by atoms with Gasteiger partial charge in [-0.2, -0.15) is 0 Å². The van der Waals surface area contributed by atoms with Gasteiger partial charge in [0.15, 0.2) is 0 Å². The highest BCUT2D eigenvalue weighted by Crippen LogP contribution is 2.35. The predicted octanol–water partition coefficient (Wildman–Crippen LogP) is 4.43. The highest BCUT2D eigenvalue weighted by atomic mass is 79.9. The Labute approximate surface area is 188 Å². The van der Waals surface area contributed by atoms with Crippen molar-refractivity contribution in [3.8, 4) is 5.75 Å². The van der Waals surface area contributed by atoms with E-state index in [1.807, 2.05) is 19.2 Å². The number of hydrogen-bond donors (Lipinski definition) is 0. The summed E-state index contributed by atoms with van der Waals surface area (Å²) < 4.78 is 14.3. The van der Waals surface area contributed by atoms with Crippen LogP contribution in [0.25, 0.3) is 10.9 Å². The van der Waals surface area contributed by atoms with Gasteiger partial charge in [0.25, 0.3) is 0 Å². The van der Waals surface area contributed by atoms with Crippen LogP contribution in [0.15, 0.2) is 16.6 Å². The van der Waals surface area contributed by atoms with E-state index >= 15 is 0 Å². The zero-order valence-electron chi connectivity index (χ0n) is 18.7. The number of benzene rings is 1. The molecule has 0 N–H and O–H groups in total. The lowest BCUT2D eigenvalue weighted by Gasteiger charge is -2.27. The Kier molecular flexibility index (Phi) is 8.20. The van der Waals surface area contributed by atoms with Crippen LogP contribution in [-0.2, 0) is 18.3 Å². The van der Waals surface area contributed by atoms with Gasteiger partial charge in [-0.25, -0.2) is 4.79 Å². The molecule has 2 heterocycles. The highest BCUT2D eigenvalue weighted by Gasteiger charge is 2.26. The average Bonchev–Trinajstić information content (AvgIpc) is 3.02. The van der Waals surface area contributed by atoms with Crippen molar-refractivity contribution in [1.82, 2.24) is 14.4 Å². The van der Waals surface area contributed by atoms with Gasteiger partial charge in [0.05, 0.1) is 22.7 Å². The molecule has 0 atom stereocenters. The number of likely N-dealkylation sites (tertiary alicyclic amines) is 1. The predicted molar refractivity (Wildman–Crippen MR) is 124 cm³/mol. The van der Waals surface area contributed by atoms with Crippen LogP contribution in [0.5, 0.6) is 5.75 Å². The number of carbonyl (C=O) groups is 1. The molecule has 30 heavy (non-hydrogen) atoms. The third kappa shape index (κ3) is 5.01. The maximum atomic E-state index is 13.3. The average molecular weight is 480 g/mol. The van der Waals surface area contributed by atoms with Crippen molar-refractivity contribution < 1.29 is 14.3 Å². The molecule has 0 unspecified atom stereocenters. The van der Waals surface area contributed by atoms with E-state index in [0.717, 1.165) is 66.1 Å². The number of carbonyl (C=O) groups excluding carboxylic acids is 1. The zero-order chi connectivity index (χ0) is 21.7. The maximum Gasteiger partial charge on any atom is 0.340 e. The number of halogens is 1. The minimum absolute atomic E-state index is 0.246. The summed E-state index contributed by atoms with van der Waals surface area (Å²) in [6.45, 7) is 10.2. The number of methoxy groups -OCH3 is 1. The number of fused-ring (bicyclic) bond motifs is 1. The summed E-state index contributed by atoms with van der Waals surface area (Å²) in [6.07, 6.45) is 3.72. The first-order chi connectivity index (χ1) is 14.5. The number of hydrogen-bond acceptors (Lipinski definition) is 5. The number of piperidine rings is 1. The second-order valence-electron chi connectivity index (χ2n) is 7.88. The number of esters is 1. The van der Waals surface area contributed by atoms with Crippen molar-refractivity contribution >= 4 is 32.8 Å². The Morgan fingerprint density at radius 1 is 1.17 bits per heavy atom. The van der Waals surface area contributed by atoms with Crippen molar-refractivity contribution in [2.45, 2.75) is 39.7 Å². The third-order valence-electron chi connectivity index (χ3n) is 6.16. The Balaban J connectivity index is 1.95. The normalized spacial score (nSPS) is 15.1. The van der Waals surface area contributed by atoms with E-state index in [9.17, 15) is 4.79 Å². The van der Waals surface area contributed by atoms with Gasteiger partial charge in [0.1, 0.15) is 12.4 Å². The van der Waals surface area contributed by atoms with Crippen LogP contribution in [0, 0.1) is 0 Å². The molecule has 0 bridgehead atoms. The lowest BCUT2D eigenvalue weighted by Crippen LogP contribution is -2.31. The van der Waals surface area contributed by atoms with Crippen LogP contribution in [-0.4, -0.2) is 66.8 Å². The number of nitrogens with zero attached hydrogens (tertiary/aromatic N) is 3. The molecule has 0 aliphatic carbocycles. The van der Waals surface area contributed by atoms with Crippen molar-refractivity contribution in [2.75, 3.05) is 46.4 Å². The Hall–Kier alpha value is -1.57. The van der Waals surface area contributed by atoms with Crippen LogP contribution < -0.4 is 4.74 Å². The second kappa shape index (κ2) is 10.6. The molecule has 0 amide bonds. The molecular weight excluding hydrogens is 446 g/mol. The van der Waals surface area contributed by atoms with E-state index in [2.05, 4.69) is 44.1 Å². The number of rotatable bonds is 9. The summed E-state index contributed by atoms with van der Waals surface area (Å²) >= 11 is 3.58. The molecule has 2 aromatic rings. The smallest absolute Gasteiger partial charge is 0.340 e. The molecule has 1 saturated heterocycles. The molecule has 1 aliphatic heterocycles. The maximum absolute atomic E-state index is 13.3. The molecule has 0 spiro atoms. The highest BCUT2D eigenvalue weighted by molar-refractivity contribution is 9.10. The van der Waals surface area contributed by atoms with Gasteiger partial charge in [-0.05, 0) is 67.1 Å². The lowest BCUT2D eigenvalue weighted by atomic mass is 10.1. The Morgan fingerprint density at radius 3 is 2.50 bits per heavy atom. The summed E-state index contributed by atoms with van der Waals surface area (Å²) in [4.78, 5) is 17.9. The monoisotopic (exact) mass is 479 g/mol. The molecule has 1 aliphatic rings. The number of likely N-dealkylation sites (N-methyl/N-ethyl adjacent to an activating group) is 1. The van der Waals surface area contributed by atoms with Crippen molar-refractivity contribution in [3.63, 3.8) is 0 Å². The topological polar surface area (TPSA) is 46.9 Å². The number of ether oxygens (including phenoxy) is 2. The van der Waals surface area contributed by atoms with Crippen LogP contribution in [0.4, 0.5) is 0 Å². The first-order valence-corrected chi connectivity index (χ1v) is 11.8. The summed E-state index contributed by atoms with van der Waals surface area (Å²) in [5.74, 6) is 0.471. The summed E-state index contributed by atoms with van der Waals surface area (Å²) in [6, 6.07) is 3.97. The van der Waals surface area contributed by atoms with E-state index in [-0.39, 0.29) is 5.97 Å². The van der Waals surface area contributed by atoms with Crippen molar-refractivity contribution in [2.24, 2.45) is 7.05 Å². The Bertz CT molecular complexity index is 870. The SMILES string of the molecule is CCN(CC)CCOC(=O)c1c(CN2CCCCC2)n(C)c2cc(Br)c(OC)cc12. The summed E-state index contributed by atoms with van der Waals surface area (Å²) in [7, 11) is 3.68. The molecule has 0 saturated carbocycles. The molecule has 7 heteroatoms. The van der Waals surface area contributed by atoms with Gasteiger partial charge < -0.3 is 18.9 Å². The van der Waals surface area contributed by atoms with Crippen molar-refractivity contribution in [3.05, 3.63) is 27.9 Å². The summed E-state index contributed by atoms with van der Waals surface area (Å²) in [5.41, 5.74) is 2.69. The standard InChI is InChI=1S/C23H34BrN3O3/c1-5-26(6-2)12-13-30-23(28)22-17-14-21(29-4)18(24)15-19(17)25(3)20(22)16-27-10-8-7-9-11-27/h14-15H,5-13,16H2,1-4H3. The van der Waals surface area contributed by atoms with E-state index in [0.29, 0.717) is 12.2 Å². The molecule has 1 fully saturated rings. The van der Waals surface area contributed by atoms with Crippen molar-refractivity contribution in [1.29, 1.82) is 0 Å². The molecule has 6 nitrogen and oxygen atoms in total. The van der Waals surface area contributed by atoms with E-state index < -0.39 is 0 Å². The molecule has 166 valence electrons. The van der Waals surface area contributed by atoms with E-state index in [1.54, 1.807) is 7.11 Å². The number of aromatic nitrogens is 1. The van der Waals surface area contributed by atoms with Gasteiger partial charge >= 0.3 is 5.97 Å². The first kappa shape index (κ1) is 23.1. The second-order valence-corrected chi connectivity index (χ2v) is 8.74. The largest absolute Gasteiger partial charge is 0.496 e. The molecular formula is C23H34BrN3O3. The number of aryl methyl sites for hydroxylation is 1. The van der Waals surface area contributed by atoms with Gasteiger partial charge in [0.2, 0.25) is 0 Å². The molecule has 1 aromatic carbocycles. The Morgan fingerprint density at radius 2 is 1.87 bits per heavy atom. The molecule has 1 aromatic heterocycles. The third-order valence-corrected chi connectivity index (χ3v) is 6.78. The quantitative estimate of drug-likeness (QED) is 0.497. The fraction of sp³-hybridized carbons (Fsp3) is 0.609. The first-order valence-electron chi connectivity index (χ1n) is 11.0. The van der Waals surface area contributed by atoms with Gasteiger partial charge in [-0.3, -0.25) is 4.90 Å². The molecule has 0 radical (unpaired) electrons. The van der Waals surface area contributed by atoms with Crippen LogP contribution in [0.3, 0.4) is 0 Å². The summed E-state index contributed by atoms with van der Waals surface area (Å²) in [5, 5.41) is 0.886.